The van der Waals surface area contributed by atoms with Crippen LogP contribution in [0, 0.1) is 6.92 Å². The predicted octanol–water partition coefficient (Wildman–Crippen LogP) is 5.53. The maximum absolute atomic E-state index is 13.7. The van der Waals surface area contributed by atoms with E-state index in [0.717, 1.165) is 11.1 Å². The van der Waals surface area contributed by atoms with Gasteiger partial charge in [-0.3, -0.25) is 4.90 Å². The molecule has 1 aliphatic rings. The number of esters is 1. The molecule has 38 heavy (non-hydrogen) atoms. The smallest absolute Gasteiger partial charge is 0.411 e. The van der Waals surface area contributed by atoms with Crippen LogP contribution in [0.15, 0.2) is 65.2 Å². The van der Waals surface area contributed by atoms with Crippen LogP contribution in [0.2, 0.25) is 0 Å². The number of rotatable bonds is 4. The molecule has 0 N–H and O–H groups in total. The highest BCUT2D eigenvalue weighted by Gasteiger charge is 2.42. The highest BCUT2D eigenvalue weighted by atomic mass is 32.2. The Balaban J connectivity index is 2.00. The van der Waals surface area contributed by atoms with Gasteiger partial charge in [-0.1, -0.05) is 41.5 Å². The normalized spacial score (nSPS) is 17.6. The summed E-state index contributed by atoms with van der Waals surface area (Å²) in [6, 6.07) is 10.3. The van der Waals surface area contributed by atoms with Crippen LogP contribution < -0.4 is 0 Å². The molecule has 9 heteroatoms. The monoisotopic (exact) mass is 538 g/mol. The van der Waals surface area contributed by atoms with E-state index in [2.05, 4.69) is 0 Å². The summed E-state index contributed by atoms with van der Waals surface area (Å²) >= 11 is 0. The quantitative estimate of drug-likeness (QED) is 0.320. The van der Waals surface area contributed by atoms with Crippen molar-refractivity contribution in [2.75, 3.05) is 7.11 Å². The molecule has 4 rings (SSSR count). The molecule has 0 bridgehead atoms. The molecule has 2 heterocycles. The Bertz CT molecular complexity index is 1520. The van der Waals surface area contributed by atoms with Gasteiger partial charge in [-0.25, -0.2) is 22.0 Å². The lowest BCUT2D eigenvalue weighted by atomic mass is 9.98. The minimum Gasteiger partial charge on any atom is -0.467 e. The second-order valence-corrected chi connectivity index (χ2v) is 12.6. The Morgan fingerprint density at radius 1 is 1.05 bits per heavy atom. The molecular formula is C29H34N2O6S. The van der Waals surface area contributed by atoms with Crippen molar-refractivity contribution in [3.05, 3.63) is 77.0 Å². The topological polar surface area (TPSA) is 94.9 Å². The fraction of sp³-hybridized carbons (Fsp3) is 0.379. The van der Waals surface area contributed by atoms with Crippen molar-refractivity contribution < 1.29 is 27.5 Å². The average Bonchev–Trinajstić information content (AvgIpc) is 3.14. The molecule has 1 amide bonds. The van der Waals surface area contributed by atoms with Gasteiger partial charge < -0.3 is 9.47 Å². The van der Waals surface area contributed by atoms with Gasteiger partial charge in [0, 0.05) is 18.0 Å². The number of hydrogen-bond donors (Lipinski definition) is 0. The highest BCUT2D eigenvalue weighted by molar-refractivity contribution is 7.90. The first kappa shape index (κ1) is 27.4. The number of ether oxygens (including phenoxy) is 2. The Morgan fingerprint density at radius 2 is 1.71 bits per heavy atom. The van der Waals surface area contributed by atoms with Crippen LogP contribution >= 0.6 is 0 Å². The average molecular weight is 539 g/mol. The largest absolute Gasteiger partial charge is 0.467 e. The van der Waals surface area contributed by atoms with Gasteiger partial charge >= 0.3 is 12.1 Å². The summed E-state index contributed by atoms with van der Waals surface area (Å²) in [5.74, 6) is -0.613. The SMILES string of the molecule is COC(=O)[C@@H]1Cc2cn(S(=O)(=O)c3ccc(C)cc3)c3cccc(c23)[C@@H](C=C(C)C)N1C(=O)OC(C)(C)C. The summed E-state index contributed by atoms with van der Waals surface area (Å²) in [5, 5.41) is 0.686. The van der Waals surface area contributed by atoms with Crippen molar-refractivity contribution >= 4 is 33.0 Å². The Labute approximate surface area is 223 Å². The minimum atomic E-state index is -3.93. The molecule has 8 nitrogen and oxygen atoms in total. The summed E-state index contributed by atoms with van der Waals surface area (Å²) in [5.41, 5.74) is 2.87. The van der Waals surface area contributed by atoms with Gasteiger partial charge in [-0.15, -0.1) is 0 Å². The van der Waals surface area contributed by atoms with Gasteiger partial charge in [0.1, 0.15) is 11.6 Å². The van der Waals surface area contributed by atoms with Crippen molar-refractivity contribution in [1.82, 2.24) is 8.87 Å². The van der Waals surface area contributed by atoms with E-state index < -0.39 is 39.8 Å². The molecule has 0 spiro atoms. The number of hydrogen-bond acceptors (Lipinski definition) is 6. The number of methoxy groups -OCH3 is 1. The first-order valence-corrected chi connectivity index (χ1v) is 13.9. The van der Waals surface area contributed by atoms with Crippen LogP contribution in [0.5, 0.6) is 0 Å². The number of carbonyl (C=O) groups is 2. The third kappa shape index (κ3) is 5.07. The van der Waals surface area contributed by atoms with E-state index in [1.54, 1.807) is 63.4 Å². The lowest BCUT2D eigenvalue weighted by Gasteiger charge is -2.35. The first-order valence-electron chi connectivity index (χ1n) is 12.4. The number of benzene rings is 2. The molecule has 202 valence electrons. The zero-order valence-corrected chi connectivity index (χ0v) is 23.6. The molecule has 0 saturated heterocycles. The first-order chi connectivity index (χ1) is 17.7. The number of amides is 1. The van der Waals surface area contributed by atoms with Crippen LogP contribution in [0.25, 0.3) is 10.9 Å². The minimum absolute atomic E-state index is 0.0585. The van der Waals surface area contributed by atoms with Gasteiger partial charge in [0.05, 0.1) is 23.6 Å². The molecule has 2 atom stereocenters. The van der Waals surface area contributed by atoms with Gasteiger partial charge in [-0.2, -0.15) is 0 Å². The standard InChI is InChI=1S/C29H34N2O6S/c1-18(2)15-24-22-9-8-10-23-26(22)20(17-30(23)38(34,35)21-13-11-19(3)12-14-21)16-25(27(32)36-7)31(24)28(33)37-29(4,5)6/h8-15,17,24-25H,16H2,1-7H3/t24-,25+/m1/s1. The fourth-order valence-electron chi connectivity index (χ4n) is 4.82. The number of carbonyl (C=O) groups excluding carboxylic acids is 2. The van der Waals surface area contributed by atoms with E-state index in [0.29, 0.717) is 22.0 Å². The van der Waals surface area contributed by atoms with Gasteiger partial charge in [-0.05, 0) is 70.9 Å². The maximum atomic E-state index is 13.7. The summed E-state index contributed by atoms with van der Waals surface area (Å²) in [7, 11) is -2.66. The lowest BCUT2D eigenvalue weighted by molar-refractivity contribution is -0.147. The van der Waals surface area contributed by atoms with Crippen LogP contribution in [-0.4, -0.2) is 48.1 Å². The second-order valence-electron chi connectivity index (χ2n) is 10.8. The van der Waals surface area contributed by atoms with Crippen molar-refractivity contribution in [3.8, 4) is 0 Å². The van der Waals surface area contributed by atoms with Crippen LogP contribution in [-0.2, 0) is 30.7 Å². The van der Waals surface area contributed by atoms with Crippen molar-refractivity contribution in [2.45, 2.75) is 70.5 Å². The molecule has 0 unspecified atom stereocenters. The molecule has 2 aromatic carbocycles. The van der Waals surface area contributed by atoms with E-state index in [9.17, 15) is 18.0 Å². The summed E-state index contributed by atoms with van der Waals surface area (Å²) in [6.45, 7) is 11.0. The third-order valence-electron chi connectivity index (χ3n) is 6.42. The number of aryl methyl sites for hydroxylation is 1. The van der Waals surface area contributed by atoms with E-state index in [-0.39, 0.29) is 11.3 Å². The highest BCUT2D eigenvalue weighted by Crippen LogP contribution is 2.40. The Kier molecular flexibility index (Phi) is 7.18. The number of nitrogens with zero attached hydrogens (tertiary/aromatic N) is 2. The van der Waals surface area contributed by atoms with Crippen molar-refractivity contribution in [1.29, 1.82) is 0 Å². The van der Waals surface area contributed by atoms with Crippen molar-refractivity contribution in [3.63, 3.8) is 0 Å². The third-order valence-corrected chi connectivity index (χ3v) is 8.11. The van der Waals surface area contributed by atoms with Crippen LogP contribution in [0.4, 0.5) is 4.79 Å². The van der Waals surface area contributed by atoms with E-state index >= 15 is 0 Å². The Morgan fingerprint density at radius 3 is 2.29 bits per heavy atom. The van der Waals surface area contributed by atoms with Crippen LogP contribution in [0.1, 0.15) is 57.4 Å². The van der Waals surface area contributed by atoms with Gasteiger partial charge in [0.2, 0.25) is 0 Å². The van der Waals surface area contributed by atoms with Gasteiger partial charge in [0.15, 0.2) is 0 Å². The molecule has 1 aromatic heterocycles. The molecule has 1 aliphatic heterocycles. The lowest BCUT2D eigenvalue weighted by Crippen LogP contribution is -2.49. The molecule has 3 aromatic rings. The second kappa shape index (κ2) is 9.94. The molecular weight excluding hydrogens is 504 g/mol. The molecule has 0 saturated carbocycles. The van der Waals surface area contributed by atoms with E-state index in [1.807, 2.05) is 32.9 Å². The van der Waals surface area contributed by atoms with Crippen LogP contribution in [0.3, 0.4) is 0 Å². The molecule has 0 fully saturated rings. The summed E-state index contributed by atoms with van der Waals surface area (Å²) in [4.78, 5) is 28.3. The van der Waals surface area contributed by atoms with E-state index in [4.69, 9.17) is 9.47 Å². The summed E-state index contributed by atoms with van der Waals surface area (Å²) < 4.78 is 39.6. The fourth-order valence-corrected chi connectivity index (χ4v) is 6.20. The predicted molar refractivity (Wildman–Crippen MR) is 145 cm³/mol. The maximum Gasteiger partial charge on any atom is 0.411 e. The molecule has 0 aliphatic carbocycles. The van der Waals surface area contributed by atoms with E-state index in [1.165, 1.54) is 16.0 Å². The zero-order valence-electron chi connectivity index (χ0n) is 22.8. The number of aromatic nitrogens is 1. The van der Waals surface area contributed by atoms with Crippen molar-refractivity contribution in [2.24, 2.45) is 0 Å². The summed E-state index contributed by atoms with van der Waals surface area (Å²) in [6.07, 6.45) is 2.84. The molecule has 0 radical (unpaired) electrons. The Hall–Kier alpha value is -3.59. The zero-order chi connectivity index (χ0) is 28.0. The number of allylic oxidation sites excluding steroid dienone is 1. The van der Waals surface area contributed by atoms with Gasteiger partial charge in [0.25, 0.3) is 10.0 Å².